The van der Waals surface area contributed by atoms with Gasteiger partial charge in [0.15, 0.2) is 11.6 Å². The molecule has 0 unspecified atom stereocenters. The monoisotopic (exact) mass is 477 g/mol. The van der Waals surface area contributed by atoms with Gasteiger partial charge in [0.2, 0.25) is 0 Å². The number of ether oxygens (including phenoxy) is 2. The molecule has 0 bridgehead atoms. The zero-order valence-corrected chi connectivity index (χ0v) is 21.9. The first-order chi connectivity index (χ1) is 16.6. The third-order valence-corrected chi connectivity index (χ3v) is 7.33. The maximum Gasteiger partial charge on any atom is 0.162 e. The summed E-state index contributed by atoms with van der Waals surface area (Å²) in [6, 6.07) is 7.88. The Morgan fingerprint density at radius 1 is 0.943 bits per heavy atom. The third-order valence-electron chi connectivity index (χ3n) is 7.33. The fourth-order valence-corrected chi connectivity index (χ4v) is 5.93. The van der Waals surface area contributed by atoms with Crippen molar-refractivity contribution in [2.75, 3.05) is 26.9 Å². The van der Waals surface area contributed by atoms with Crippen LogP contribution in [0.15, 0.2) is 59.5 Å². The van der Waals surface area contributed by atoms with E-state index in [1.165, 1.54) is 0 Å². The van der Waals surface area contributed by atoms with Gasteiger partial charge in [0.05, 0.1) is 0 Å². The molecule has 0 N–H and O–H groups in total. The van der Waals surface area contributed by atoms with Gasteiger partial charge in [-0.3, -0.25) is 9.59 Å². The highest BCUT2D eigenvalue weighted by atomic mass is 16.5. The molecule has 0 radical (unpaired) electrons. The van der Waals surface area contributed by atoms with E-state index in [1.807, 2.05) is 24.3 Å². The van der Waals surface area contributed by atoms with Gasteiger partial charge in [-0.15, -0.1) is 0 Å². The van der Waals surface area contributed by atoms with E-state index in [9.17, 15) is 9.59 Å². The van der Waals surface area contributed by atoms with E-state index in [-0.39, 0.29) is 28.3 Å². The van der Waals surface area contributed by atoms with Gasteiger partial charge < -0.3 is 14.4 Å². The summed E-state index contributed by atoms with van der Waals surface area (Å²) in [7, 11) is 1.71. The van der Waals surface area contributed by atoms with Crippen LogP contribution >= 0.6 is 0 Å². The van der Waals surface area contributed by atoms with Crippen LogP contribution in [0, 0.1) is 10.8 Å². The molecule has 35 heavy (non-hydrogen) atoms. The third kappa shape index (κ3) is 5.16. The van der Waals surface area contributed by atoms with Crippen molar-refractivity contribution in [2.45, 2.75) is 65.7 Å². The summed E-state index contributed by atoms with van der Waals surface area (Å²) in [4.78, 5) is 29.8. The number of nitrogens with zero attached hydrogens (tertiary/aromatic N) is 1. The normalized spacial score (nSPS) is 21.7. The van der Waals surface area contributed by atoms with Gasteiger partial charge in [0.1, 0.15) is 12.4 Å². The highest BCUT2D eigenvalue weighted by Crippen LogP contribution is 2.54. The topological polar surface area (TPSA) is 55.8 Å². The highest BCUT2D eigenvalue weighted by molar-refractivity contribution is 6.06. The van der Waals surface area contributed by atoms with Crippen LogP contribution in [0.5, 0.6) is 5.75 Å². The Bertz CT molecular complexity index is 1020. The van der Waals surface area contributed by atoms with E-state index in [0.717, 1.165) is 59.7 Å². The Morgan fingerprint density at radius 2 is 1.49 bits per heavy atom. The Balaban J connectivity index is 1.88. The molecule has 0 aromatic heterocycles. The lowest BCUT2D eigenvalue weighted by molar-refractivity contribution is -0.119. The number of Topliss-reactive ketones (excluding diaryl/α,β-unsaturated/α-hetero) is 2. The average molecular weight is 478 g/mol. The lowest BCUT2D eigenvalue weighted by Gasteiger charge is -2.49. The van der Waals surface area contributed by atoms with Gasteiger partial charge in [-0.05, 0) is 47.8 Å². The van der Waals surface area contributed by atoms with Crippen LogP contribution < -0.4 is 4.74 Å². The molecule has 0 saturated heterocycles. The van der Waals surface area contributed by atoms with Crippen LogP contribution in [-0.4, -0.2) is 43.3 Å². The minimum Gasteiger partial charge on any atom is -0.490 e. The maximum absolute atomic E-state index is 13.7. The molecule has 0 spiro atoms. The number of hydrogen-bond acceptors (Lipinski definition) is 5. The van der Waals surface area contributed by atoms with Crippen molar-refractivity contribution in [1.82, 2.24) is 4.90 Å². The first-order valence-electron chi connectivity index (χ1n) is 12.7. The molecule has 1 aliphatic heterocycles. The van der Waals surface area contributed by atoms with Crippen molar-refractivity contribution >= 4 is 11.6 Å². The van der Waals surface area contributed by atoms with Crippen molar-refractivity contribution in [3.05, 3.63) is 65.0 Å². The first kappa shape index (κ1) is 25.4. The smallest absolute Gasteiger partial charge is 0.162 e. The second-order valence-corrected chi connectivity index (χ2v) is 11.7. The summed E-state index contributed by atoms with van der Waals surface area (Å²) >= 11 is 0. The van der Waals surface area contributed by atoms with Gasteiger partial charge in [0, 0.05) is 61.6 Å². The zero-order chi connectivity index (χ0) is 25.4. The van der Waals surface area contributed by atoms with Crippen LogP contribution in [0.1, 0.15) is 71.3 Å². The van der Waals surface area contributed by atoms with Crippen molar-refractivity contribution < 1.29 is 19.1 Å². The van der Waals surface area contributed by atoms with Crippen LogP contribution in [0.4, 0.5) is 0 Å². The lowest BCUT2D eigenvalue weighted by Crippen LogP contribution is -2.44. The Kier molecular flexibility index (Phi) is 7.10. The molecule has 1 aromatic rings. The largest absolute Gasteiger partial charge is 0.490 e. The molecule has 188 valence electrons. The molecule has 4 rings (SSSR count). The number of ketones is 2. The van der Waals surface area contributed by atoms with Crippen molar-refractivity contribution in [2.24, 2.45) is 10.8 Å². The molecule has 3 aliphatic rings. The molecule has 1 aromatic carbocycles. The van der Waals surface area contributed by atoms with E-state index in [2.05, 4.69) is 39.2 Å². The summed E-state index contributed by atoms with van der Waals surface area (Å²) in [6.45, 7) is 14.2. The predicted octanol–water partition coefficient (Wildman–Crippen LogP) is 5.97. The number of carbonyl (C=O) groups is 2. The highest BCUT2D eigenvalue weighted by Gasteiger charge is 2.48. The van der Waals surface area contributed by atoms with Gasteiger partial charge >= 0.3 is 0 Å². The molecule has 5 nitrogen and oxygen atoms in total. The van der Waals surface area contributed by atoms with Gasteiger partial charge in [-0.25, -0.2) is 0 Å². The van der Waals surface area contributed by atoms with E-state index in [4.69, 9.17) is 9.47 Å². The Hall–Kier alpha value is -2.66. The predicted molar refractivity (Wildman–Crippen MR) is 138 cm³/mol. The number of methoxy groups -OCH3 is 1. The minimum atomic E-state index is -0.320. The summed E-state index contributed by atoms with van der Waals surface area (Å²) in [5.74, 6) is 0.754. The van der Waals surface area contributed by atoms with E-state index in [1.54, 1.807) is 13.2 Å². The van der Waals surface area contributed by atoms with Crippen LogP contribution in [0.25, 0.3) is 0 Å². The number of allylic oxidation sites excluding steroid dienone is 4. The average Bonchev–Trinajstić information content (AvgIpc) is 2.77. The van der Waals surface area contributed by atoms with Gasteiger partial charge in [-0.1, -0.05) is 52.5 Å². The fraction of sp³-hybridized carbons (Fsp3) is 0.533. The van der Waals surface area contributed by atoms with Crippen molar-refractivity contribution in [1.29, 1.82) is 0 Å². The van der Waals surface area contributed by atoms with Crippen LogP contribution in [0.2, 0.25) is 0 Å². The molecule has 0 amide bonds. The number of rotatable bonds is 8. The van der Waals surface area contributed by atoms with E-state index in [0.29, 0.717) is 26.1 Å². The van der Waals surface area contributed by atoms with Gasteiger partial charge in [0.25, 0.3) is 0 Å². The minimum absolute atomic E-state index is 0.116. The zero-order valence-electron chi connectivity index (χ0n) is 21.9. The first-order valence-corrected chi connectivity index (χ1v) is 12.7. The number of carbonyl (C=O) groups excluding carboxylic acids is 2. The SMILES string of the molecule is C=CCOc1ccc(C2C3=C(CC(C)(C)CC3=O)N(CCCOC)C3=C2C(=O)CC(C)(C)C3)cc1. The Morgan fingerprint density at radius 3 is 1.97 bits per heavy atom. The second-order valence-electron chi connectivity index (χ2n) is 11.7. The molecule has 0 saturated carbocycles. The van der Waals surface area contributed by atoms with Crippen molar-refractivity contribution in [3.63, 3.8) is 0 Å². The van der Waals surface area contributed by atoms with Gasteiger partial charge in [-0.2, -0.15) is 0 Å². The summed E-state index contributed by atoms with van der Waals surface area (Å²) in [5.41, 5.74) is 4.57. The molecule has 0 fully saturated rings. The van der Waals surface area contributed by atoms with Crippen LogP contribution in [-0.2, 0) is 14.3 Å². The molecule has 0 atom stereocenters. The van der Waals surface area contributed by atoms with Crippen molar-refractivity contribution in [3.8, 4) is 5.75 Å². The molecule has 2 aliphatic carbocycles. The lowest BCUT2D eigenvalue weighted by atomic mass is 9.63. The maximum atomic E-state index is 13.7. The standard InChI is InChI=1S/C30H39NO4/c1-7-14-35-21-11-9-20(10-12-21)26-27-22(16-29(2,3)18-24(27)32)31(13-8-15-34-6)23-17-30(4,5)19-25(33)28(23)26/h7,9-12,26H,1,8,13-19H2,2-6H3. The summed E-state index contributed by atoms with van der Waals surface area (Å²) in [5, 5.41) is 0. The van der Waals surface area contributed by atoms with Crippen LogP contribution in [0.3, 0.4) is 0 Å². The summed E-state index contributed by atoms with van der Waals surface area (Å²) < 4.78 is 11.0. The summed E-state index contributed by atoms with van der Waals surface area (Å²) in [6.07, 6.45) is 5.20. The fourth-order valence-electron chi connectivity index (χ4n) is 5.93. The number of hydrogen-bond donors (Lipinski definition) is 0. The molecular formula is C30H39NO4. The Labute approximate surface area is 209 Å². The molecule has 1 heterocycles. The van der Waals surface area contributed by atoms with E-state index >= 15 is 0 Å². The molecular weight excluding hydrogens is 438 g/mol. The van der Waals surface area contributed by atoms with E-state index < -0.39 is 0 Å². The quantitative estimate of drug-likeness (QED) is 0.341. The second kappa shape index (κ2) is 9.77. The molecule has 5 heteroatoms. The number of benzene rings is 1.